The Hall–Kier alpha value is -1.39. The molecule has 0 aromatic carbocycles. The molecule has 0 fully saturated rings. The summed E-state index contributed by atoms with van der Waals surface area (Å²) in [5.41, 5.74) is 0. The molecule has 5 heteroatoms. The summed E-state index contributed by atoms with van der Waals surface area (Å²) in [6, 6.07) is 0. The van der Waals surface area contributed by atoms with Crippen molar-refractivity contribution in [1.82, 2.24) is 0 Å². The van der Waals surface area contributed by atoms with E-state index in [4.69, 9.17) is 5.11 Å². The number of carbonyl (C=O) groups is 3. The number of rotatable bonds is 6. The van der Waals surface area contributed by atoms with Crippen LogP contribution in [0.25, 0.3) is 0 Å². The van der Waals surface area contributed by atoms with E-state index in [1.165, 1.54) is 0 Å². The van der Waals surface area contributed by atoms with E-state index >= 15 is 0 Å². The molecule has 13 heavy (non-hydrogen) atoms. The molecule has 0 saturated heterocycles. The molecule has 5 nitrogen and oxygen atoms in total. The number of Topliss-reactive ketones (excluding diaryl/α,β-unsaturated/α-hetero) is 1. The lowest BCUT2D eigenvalue weighted by atomic mass is 10.3. The summed E-state index contributed by atoms with van der Waals surface area (Å²) in [6.45, 7) is 1.37. The maximum absolute atomic E-state index is 10.7. The summed E-state index contributed by atoms with van der Waals surface area (Å²) in [6.07, 6.45) is 0.297. The number of carboxylic acids is 1. The van der Waals surface area contributed by atoms with Crippen molar-refractivity contribution in [2.45, 2.75) is 26.2 Å². The Balaban J connectivity index is 3.58. The van der Waals surface area contributed by atoms with E-state index in [1.54, 1.807) is 6.92 Å². The van der Waals surface area contributed by atoms with E-state index in [-0.39, 0.29) is 6.42 Å². The maximum atomic E-state index is 10.7. The van der Waals surface area contributed by atoms with Crippen molar-refractivity contribution in [2.75, 3.05) is 6.61 Å². The van der Waals surface area contributed by atoms with Gasteiger partial charge in [0.15, 0.2) is 12.4 Å². The average molecular weight is 188 g/mol. The SMILES string of the molecule is CCCC(=O)OCC(=O)CC(=O)O. The Bertz CT molecular complexity index is 209. The molecule has 0 aromatic rings. The fourth-order valence-corrected chi connectivity index (χ4v) is 0.657. The third-order valence-electron chi connectivity index (χ3n) is 1.20. The van der Waals surface area contributed by atoms with Crippen molar-refractivity contribution < 1.29 is 24.2 Å². The fourth-order valence-electron chi connectivity index (χ4n) is 0.657. The average Bonchev–Trinajstić information content (AvgIpc) is 2.00. The predicted molar refractivity (Wildman–Crippen MR) is 43.1 cm³/mol. The summed E-state index contributed by atoms with van der Waals surface area (Å²) < 4.78 is 4.49. The summed E-state index contributed by atoms with van der Waals surface area (Å²) in [4.78, 5) is 31.4. The zero-order valence-electron chi connectivity index (χ0n) is 7.41. The van der Waals surface area contributed by atoms with Crippen LogP contribution in [0.5, 0.6) is 0 Å². The van der Waals surface area contributed by atoms with Gasteiger partial charge in [-0.05, 0) is 6.42 Å². The number of aliphatic carboxylic acids is 1. The van der Waals surface area contributed by atoms with Crippen LogP contribution in [0.4, 0.5) is 0 Å². The van der Waals surface area contributed by atoms with Gasteiger partial charge in [-0.25, -0.2) is 0 Å². The van der Waals surface area contributed by atoms with Crippen molar-refractivity contribution in [3.05, 3.63) is 0 Å². The number of carboxylic acid groups (broad SMARTS) is 1. The van der Waals surface area contributed by atoms with E-state index in [0.717, 1.165) is 0 Å². The smallest absolute Gasteiger partial charge is 0.311 e. The Morgan fingerprint density at radius 2 is 1.92 bits per heavy atom. The second kappa shape index (κ2) is 6.16. The molecule has 0 aliphatic heterocycles. The van der Waals surface area contributed by atoms with Crippen molar-refractivity contribution in [3.8, 4) is 0 Å². The van der Waals surface area contributed by atoms with Crippen LogP contribution >= 0.6 is 0 Å². The third kappa shape index (κ3) is 6.99. The Morgan fingerprint density at radius 1 is 1.31 bits per heavy atom. The standard InChI is InChI=1S/C8H12O5/c1-2-3-8(12)13-5-6(9)4-7(10)11/h2-5H2,1H3,(H,10,11). The van der Waals surface area contributed by atoms with Gasteiger partial charge < -0.3 is 9.84 Å². The van der Waals surface area contributed by atoms with Crippen molar-refractivity contribution in [3.63, 3.8) is 0 Å². The fraction of sp³-hybridized carbons (Fsp3) is 0.625. The highest BCUT2D eigenvalue weighted by Crippen LogP contribution is 1.92. The molecule has 0 rings (SSSR count). The van der Waals surface area contributed by atoms with Gasteiger partial charge in [0.05, 0.1) is 0 Å². The minimum Gasteiger partial charge on any atom is -0.481 e. The van der Waals surface area contributed by atoms with E-state index < -0.39 is 30.7 Å². The molecule has 0 aliphatic carbocycles. The summed E-state index contributed by atoms with van der Waals surface area (Å²) >= 11 is 0. The lowest BCUT2D eigenvalue weighted by Gasteiger charge is -2.00. The van der Waals surface area contributed by atoms with Crippen LogP contribution in [-0.2, 0) is 19.1 Å². The van der Waals surface area contributed by atoms with Crippen molar-refractivity contribution in [1.29, 1.82) is 0 Å². The molecule has 0 unspecified atom stereocenters. The number of hydrogen-bond donors (Lipinski definition) is 1. The van der Waals surface area contributed by atoms with Gasteiger partial charge in [0.1, 0.15) is 6.42 Å². The first-order valence-corrected chi connectivity index (χ1v) is 3.95. The molecular formula is C8H12O5. The molecule has 0 atom stereocenters. The van der Waals surface area contributed by atoms with Gasteiger partial charge in [-0.15, -0.1) is 0 Å². The van der Waals surface area contributed by atoms with Crippen molar-refractivity contribution >= 4 is 17.7 Å². The van der Waals surface area contributed by atoms with Crippen LogP contribution in [-0.4, -0.2) is 29.4 Å². The molecule has 0 aliphatic rings. The zero-order chi connectivity index (χ0) is 10.3. The van der Waals surface area contributed by atoms with Gasteiger partial charge in [-0.1, -0.05) is 6.92 Å². The molecule has 0 spiro atoms. The molecule has 0 aromatic heterocycles. The minimum atomic E-state index is -1.21. The maximum Gasteiger partial charge on any atom is 0.311 e. The van der Waals surface area contributed by atoms with Crippen LogP contribution in [0.3, 0.4) is 0 Å². The number of ether oxygens (including phenoxy) is 1. The quantitative estimate of drug-likeness (QED) is 0.481. The normalized spacial score (nSPS) is 9.31. The first kappa shape index (κ1) is 11.6. The van der Waals surface area contributed by atoms with Gasteiger partial charge >= 0.3 is 11.9 Å². The highest BCUT2D eigenvalue weighted by atomic mass is 16.5. The first-order chi connectivity index (χ1) is 6.06. The molecular weight excluding hydrogens is 176 g/mol. The highest BCUT2D eigenvalue weighted by molar-refractivity contribution is 5.96. The van der Waals surface area contributed by atoms with Gasteiger partial charge in [-0.2, -0.15) is 0 Å². The molecule has 0 saturated carbocycles. The molecule has 0 bridgehead atoms. The number of carbonyl (C=O) groups excluding carboxylic acids is 2. The van der Waals surface area contributed by atoms with Gasteiger partial charge in [0, 0.05) is 6.42 Å². The highest BCUT2D eigenvalue weighted by Gasteiger charge is 2.10. The largest absolute Gasteiger partial charge is 0.481 e. The molecule has 1 N–H and O–H groups in total. The summed E-state index contributed by atoms with van der Waals surface area (Å²) in [5.74, 6) is -2.28. The third-order valence-corrected chi connectivity index (χ3v) is 1.20. The summed E-state index contributed by atoms with van der Waals surface area (Å²) in [7, 11) is 0. The number of hydrogen-bond acceptors (Lipinski definition) is 4. The van der Waals surface area contributed by atoms with Gasteiger partial charge in [-0.3, -0.25) is 14.4 Å². The zero-order valence-corrected chi connectivity index (χ0v) is 7.41. The van der Waals surface area contributed by atoms with Crippen LogP contribution in [0, 0.1) is 0 Å². The van der Waals surface area contributed by atoms with Crippen LogP contribution in [0.2, 0.25) is 0 Å². The van der Waals surface area contributed by atoms with Crippen molar-refractivity contribution in [2.24, 2.45) is 0 Å². The summed E-state index contributed by atoms with van der Waals surface area (Å²) in [5, 5.41) is 8.19. The number of ketones is 1. The van der Waals surface area contributed by atoms with Crippen LogP contribution in [0.1, 0.15) is 26.2 Å². The first-order valence-electron chi connectivity index (χ1n) is 3.95. The molecule has 0 amide bonds. The lowest BCUT2D eigenvalue weighted by molar-refractivity contribution is -0.150. The van der Waals surface area contributed by atoms with Crippen LogP contribution < -0.4 is 0 Å². The molecule has 74 valence electrons. The van der Waals surface area contributed by atoms with Crippen LogP contribution in [0.15, 0.2) is 0 Å². The van der Waals surface area contributed by atoms with E-state index in [2.05, 4.69) is 4.74 Å². The molecule has 0 heterocycles. The Morgan fingerprint density at radius 3 is 2.38 bits per heavy atom. The van der Waals surface area contributed by atoms with Gasteiger partial charge in [0.2, 0.25) is 0 Å². The second-order valence-corrected chi connectivity index (χ2v) is 2.52. The predicted octanol–water partition coefficient (Wildman–Crippen LogP) is 0.374. The Labute approximate surface area is 75.7 Å². The van der Waals surface area contributed by atoms with E-state index in [9.17, 15) is 14.4 Å². The Kier molecular flexibility index (Phi) is 5.50. The monoisotopic (exact) mass is 188 g/mol. The molecule has 0 radical (unpaired) electrons. The van der Waals surface area contributed by atoms with Gasteiger partial charge in [0.25, 0.3) is 0 Å². The van der Waals surface area contributed by atoms with E-state index in [0.29, 0.717) is 6.42 Å². The second-order valence-electron chi connectivity index (χ2n) is 2.52. The van der Waals surface area contributed by atoms with E-state index in [1.807, 2.05) is 0 Å². The minimum absolute atomic E-state index is 0.250. The number of esters is 1. The topological polar surface area (TPSA) is 80.7 Å². The lowest BCUT2D eigenvalue weighted by Crippen LogP contribution is -2.16.